The van der Waals surface area contributed by atoms with Gasteiger partial charge in [-0.3, -0.25) is 4.98 Å². The lowest BCUT2D eigenvalue weighted by molar-refractivity contribution is 0.930. The van der Waals surface area contributed by atoms with Crippen molar-refractivity contribution >= 4 is 5.69 Å². The molecule has 2 heteroatoms. The molecule has 0 unspecified atom stereocenters. The lowest BCUT2D eigenvalue weighted by Gasteiger charge is -2.12. The van der Waals surface area contributed by atoms with Gasteiger partial charge >= 0.3 is 0 Å². The highest BCUT2D eigenvalue weighted by Crippen LogP contribution is 2.20. The number of nitrogen functional groups attached to an aromatic ring is 1. The van der Waals surface area contributed by atoms with Gasteiger partial charge in [0, 0.05) is 18.1 Å². The summed E-state index contributed by atoms with van der Waals surface area (Å²) in [7, 11) is 0. The summed E-state index contributed by atoms with van der Waals surface area (Å²) < 4.78 is 0. The average Bonchev–Trinajstić information content (AvgIpc) is 2.30. The topological polar surface area (TPSA) is 38.9 Å². The smallest absolute Gasteiger partial charge is 0.0377 e. The number of benzene rings is 1. The Bertz CT molecular complexity index is 536. The number of pyridine rings is 1. The first kappa shape index (κ1) is 12.6. The van der Waals surface area contributed by atoms with Gasteiger partial charge in [0.1, 0.15) is 0 Å². The minimum absolute atomic E-state index is 0.840. The highest BCUT2D eigenvalue weighted by atomic mass is 14.7. The van der Waals surface area contributed by atoms with Gasteiger partial charge < -0.3 is 5.73 Å². The van der Waals surface area contributed by atoms with Crippen LogP contribution in [0.15, 0.2) is 30.6 Å². The van der Waals surface area contributed by atoms with Crippen LogP contribution >= 0.6 is 0 Å². The van der Waals surface area contributed by atoms with Crippen molar-refractivity contribution in [2.75, 3.05) is 5.73 Å². The molecular formula is C16H20N2. The number of anilines is 1. The van der Waals surface area contributed by atoms with Crippen LogP contribution in [0.1, 0.15) is 27.8 Å². The molecule has 2 rings (SSSR count). The average molecular weight is 240 g/mol. The van der Waals surface area contributed by atoms with E-state index in [4.69, 9.17) is 5.73 Å². The van der Waals surface area contributed by atoms with Gasteiger partial charge in [0.25, 0.3) is 0 Å². The van der Waals surface area contributed by atoms with Gasteiger partial charge in [0.2, 0.25) is 0 Å². The third kappa shape index (κ3) is 2.70. The van der Waals surface area contributed by atoms with Crippen molar-refractivity contribution in [3.8, 4) is 0 Å². The van der Waals surface area contributed by atoms with Gasteiger partial charge in [-0.1, -0.05) is 17.7 Å². The summed E-state index contributed by atoms with van der Waals surface area (Å²) in [5, 5.41) is 0. The molecule has 0 atom stereocenters. The predicted octanol–water partition coefficient (Wildman–Crippen LogP) is 3.37. The fourth-order valence-electron chi connectivity index (χ4n) is 2.51. The lowest BCUT2D eigenvalue weighted by atomic mass is 9.94. The molecule has 0 aliphatic heterocycles. The Kier molecular flexibility index (Phi) is 3.66. The first-order chi connectivity index (χ1) is 8.58. The molecular weight excluding hydrogens is 220 g/mol. The molecule has 0 radical (unpaired) electrons. The Morgan fingerprint density at radius 1 is 1.06 bits per heavy atom. The molecule has 0 aliphatic carbocycles. The molecule has 0 saturated carbocycles. The second kappa shape index (κ2) is 5.21. The molecule has 0 aliphatic rings. The van der Waals surface area contributed by atoms with Crippen molar-refractivity contribution < 1.29 is 0 Å². The summed E-state index contributed by atoms with van der Waals surface area (Å²) in [4.78, 5) is 4.14. The van der Waals surface area contributed by atoms with E-state index in [-0.39, 0.29) is 0 Å². The quantitative estimate of drug-likeness (QED) is 0.893. The molecule has 1 heterocycles. The maximum absolute atomic E-state index is 5.94. The Morgan fingerprint density at radius 3 is 2.33 bits per heavy atom. The number of nitrogens with zero attached hydrogens (tertiary/aromatic N) is 1. The minimum atomic E-state index is 0.840. The normalized spacial score (nSPS) is 10.6. The lowest BCUT2D eigenvalue weighted by Crippen LogP contribution is -2.01. The van der Waals surface area contributed by atoms with Crippen LogP contribution in [-0.2, 0) is 12.8 Å². The van der Waals surface area contributed by atoms with Crippen molar-refractivity contribution in [1.29, 1.82) is 0 Å². The van der Waals surface area contributed by atoms with E-state index in [2.05, 4.69) is 37.9 Å². The van der Waals surface area contributed by atoms with E-state index in [1.807, 2.05) is 12.3 Å². The highest BCUT2D eigenvalue weighted by molar-refractivity contribution is 5.45. The summed E-state index contributed by atoms with van der Waals surface area (Å²) in [6, 6.07) is 6.36. The van der Waals surface area contributed by atoms with Gasteiger partial charge in [0.15, 0.2) is 0 Å². The Labute approximate surface area is 109 Å². The van der Waals surface area contributed by atoms with E-state index in [1.165, 1.54) is 22.3 Å². The fourth-order valence-corrected chi connectivity index (χ4v) is 2.51. The first-order valence-electron chi connectivity index (χ1n) is 6.33. The molecule has 1 aromatic heterocycles. The van der Waals surface area contributed by atoms with E-state index in [0.29, 0.717) is 0 Å². The minimum Gasteiger partial charge on any atom is -0.398 e. The SMILES string of the molecule is Cc1cc(C)c(CCc2cnccc2N)c(C)c1. The molecule has 2 nitrogen and oxygen atoms in total. The maximum Gasteiger partial charge on any atom is 0.0377 e. The van der Waals surface area contributed by atoms with Crippen LogP contribution in [0.25, 0.3) is 0 Å². The molecule has 2 aromatic rings. The first-order valence-corrected chi connectivity index (χ1v) is 6.33. The number of rotatable bonds is 3. The largest absolute Gasteiger partial charge is 0.398 e. The molecule has 0 saturated heterocycles. The van der Waals surface area contributed by atoms with E-state index < -0.39 is 0 Å². The fraction of sp³-hybridized carbons (Fsp3) is 0.312. The van der Waals surface area contributed by atoms with Crippen LogP contribution in [0, 0.1) is 20.8 Å². The third-order valence-electron chi connectivity index (χ3n) is 3.43. The molecule has 94 valence electrons. The monoisotopic (exact) mass is 240 g/mol. The Morgan fingerprint density at radius 2 is 1.72 bits per heavy atom. The Balaban J connectivity index is 2.19. The van der Waals surface area contributed by atoms with Gasteiger partial charge in [-0.15, -0.1) is 0 Å². The maximum atomic E-state index is 5.94. The molecule has 0 fully saturated rings. The van der Waals surface area contributed by atoms with E-state index in [0.717, 1.165) is 24.1 Å². The number of aryl methyl sites for hydroxylation is 4. The summed E-state index contributed by atoms with van der Waals surface area (Å²) >= 11 is 0. The van der Waals surface area contributed by atoms with E-state index in [1.54, 1.807) is 6.20 Å². The summed E-state index contributed by atoms with van der Waals surface area (Å²) in [6.07, 6.45) is 5.58. The van der Waals surface area contributed by atoms with Gasteiger partial charge in [-0.05, 0) is 61.9 Å². The van der Waals surface area contributed by atoms with Crippen LogP contribution in [0.4, 0.5) is 5.69 Å². The zero-order valence-electron chi connectivity index (χ0n) is 11.3. The van der Waals surface area contributed by atoms with Gasteiger partial charge in [-0.2, -0.15) is 0 Å². The van der Waals surface area contributed by atoms with Crippen molar-refractivity contribution in [1.82, 2.24) is 4.98 Å². The number of nitrogens with two attached hydrogens (primary N) is 1. The zero-order chi connectivity index (χ0) is 13.1. The van der Waals surface area contributed by atoms with Gasteiger partial charge in [0.05, 0.1) is 0 Å². The number of hydrogen-bond acceptors (Lipinski definition) is 2. The molecule has 2 N–H and O–H groups in total. The van der Waals surface area contributed by atoms with Crippen LogP contribution < -0.4 is 5.73 Å². The second-order valence-electron chi connectivity index (χ2n) is 4.95. The predicted molar refractivity (Wildman–Crippen MR) is 76.7 cm³/mol. The van der Waals surface area contributed by atoms with Crippen LogP contribution in [0.5, 0.6) is 0 Å². The second-order valence-corrected chi connectivity index (χ2v) is 4.95. The van der Waals surface area contributed by atoms with Crippen molar-refractivity contribution in [3.63, 3.8) is 0 Å². The molecule has 0 spiro atoms. The van der Waals surface area contributed by atoms with Crippen molar-refractivity contribution in [3.05, 3.63) is 58.4 Å². The number of aromatic nitrogens is 1. The molecule has 0 amide bonds. The van der Waals surface area contributed by atoms with E-state index in [9.17, 15) is 0 Å². The van der Waals surface area contributed by atoms with E-state index >= 15 is 0 Å². The van der Waals surface area contributed by atoms with Crippen molar-refractivity contribution in [2.24, 2.45) is 0 Å². The molecule has 0 bridgehead atoms. The number of hydrogen-bond donors (Lipinski definition) is 1. The molecule has 1 aromatic carbocycles. The Hall–Kier alpha value is -1.83. The third-order valence-corrected chi connectivity index (χ3v) is 3.43. The summed E-state index contributed by atoms with van der Waals surface area (Å²) in [5.41, 5.74) is 13.4. The van der Waals surface area contributed by atoms with Crippen LogP contribution in [0.2, 0.25) is 0 Å². The molecule has 18 heavy (non-hydrogen) atoms. The summed E-state index contributed by atoms with van der Waals surface area (Å²) in [5.74, 6) is 0. The highest BCUT2D eigenvalue weighted by Gasteiger charge is 2.05. The van der Waals surface area contributed by atoms with Crippen LogP contribution in [0.3, 0.4) is 0 Å². The van der Waals surface area contributed by atoms with Crippen LogP contribution in [-0.4, -0.2) is 4.98 Å². The summed E-state index contributed by atoms with van der Waals surface area (Å²) in [6.45, 7) is 6.51. The standard InChI is InChI=1S/C16H20N2/c1-11-8-12(2)15(13(3)9-11)5-4-14-10-18-7-6-16(14)17/h6-10H,4-5H2,1-3H3,(H2,17,18). The zero-order valence-corrected chi connectivity index (χ0v) is 11.3. The van der Waals surface area contributed by atoms with Gasteiger partial charge in [-0.25, -0.2) is 0 Å². The van der Waals surface area contributed by atoms with Crippen molar-refractivity contribution in [2.45, 2.75) is 33.6 Å².